The highest BCUT2D eigenvalue weighted by atomic mass is 19.1. The van der Waals surface area contributed by atoms with Crippen molar-refractivity contribution in [3.05, 3.63) is 113 Å². The Kier molecular flexibility index (Phi) is 5.49. The number of rotatable bonds is 5. The Labute approximate surface area is 196 Å². The van der Waals surface area contributed by atoms with Gasteiger partial charge in [0.25, 0.3) is 11.7 Å². The van der Waals surface area contributed by atoms with Crippen LogP contribution in [0.2, 0.25) is 0 Å². The summed E-state index contributed by atoms with van der Waals surface area (Å²) in [5.41, 5.74) is 4.05. The minimum absolute atomic E-state index is 0.0133. The van der Waals surface area contributed by atoms with Gasteiger partial charge in [-0.1, -0.05) is 60.2 Å². The molecule has 0 bridgehead atoms. The predicted molar refractivity (Wildman–Crippen MR) is 129 cm³/mol. The lowest BCUT2D eigenvalue weighted by Crippen LogP contribution is -2.31. The number of aryl methyl sites for hydroxylation is 1. The quantitative estimate of drug-likeness (QED) is 0.245. The highest BCUT2D eigenvalue weighted by molar-refractivity contribution is 6.46. The van der Waals surface area contributed by atoms with Crippen LogP contribution in [0.15, 0.2) is 84.6 Å². The first kappa shape index (κ1) is 21.6. The van der Waals surface area contributed by atoms with E-state index in [2.05, 4.69) is 4.98 Å². The van der Waals surface area contributed by atoms with Crippen molar-refractivity contribution < 1.29 is 19.1 Å². The minimum Gasteiger partial charge on any atom is -0.507 e. The van der Waals surface area contributed by atoms with Crippen LogP contribution in [0.5, 0.6) is 0 Å². The number of H-pyrrole nitrogens is 1. The van der Waals surface area contributed by atoms with Crippen molar-refractivity contribution in [3.8, 4) is 0 Å². The van der Waals surface area contributed by atoms with Gasteiger partial charge in [0.05, 0.1) is 11.6 Å². The van der Waals surface area contributed by atoms with Crippen molar-refractivity contribution in [3.63, 3.8) is 0 Å². The number of benzene rings is 3. The number of carbonyl (C=O) groups is 2. The van der Waals surface area contributed by atoms with Crippen molar-refractivity contribution in [1.29, 1.82) is 0 Å². The summed E-state index contributed by atoms with van der Waals surface area (Å²) in [6, 6.07) is 19.8. The fourth-order valence-electron chi connectivity index (χ4n) is 4.55. The molecule has 0 aliphatic carbocycles. The number of nitrogens with one attached hydrogen (secondary N) is 1. The number of ketones is 1. The number of para-hydroxylation sites is 1. The number of halogens is 1. The molecule has 170 valence electrons. The van der Waals surface area contributed by atoms with Crippen LogP contribution in [0.1, 0.15) is 28.3 Å². The Morgan fingerprint density at radius 2 is 1.71 bits per heavy atom. The summed E-state index contributed by atoms with van der Waals surface area (Å²) in [6.45, 7) is 2.19. The Morgan fingerprint density at radius 3 is 2.44 bits per heavy atom. The third-order valence-electron chi connectivity index (χ3n) is 6.35. The molecule has 1 aliphatic rings. The number of hydrogen-bond donors (Lipinski definition) is 2. The normalized spacial score (nSPS) is 17.6. The summed E-state index contributed by atoms with van der Waals surface area (Å²) in [4.78, 5) is 31.0. The van der Waals surface area contributed by atoms with Gasteiger partial charge in [0.2, 0.25) is 0 Å². The number of Topliss-reactive ketones (excluding diaryl/α,β-unsaturated/α-hetero) is 1. The van der Waals surface area contributed by atoms with Crippen LogP contribution < -0.4 is 0 Å². The fraction of sp³-hybridized carbons (Fsp3) is 0.143. The zero-order valence-electron chi connectivity index (χ0n) is 18.6. The van der Waals surface area contributed by atoms with E-state index in [-0.39, 0.29) is 17.9 Å². The molecule has 2 N–H and O–H groups in total. The summed E-state index contributed by atoms with van der Waals surface area (Å²) >= 11 is 0. The number of likely N-dealkylation sites (tertiary alicyclic amines) is 1. The average molecular weight is 455 g/mol. The molecule has 3 aromatic carbocycles. The molecule has 0 radical (unpaired) electrons. The zero-order valence-corrected chi connectivity index (χ0v) is 18.6. The van der Waals surface area contributed by atoms with E-state index in [0.29, 0.717) is 17.5 Å². The highest BCUT2D eigenvalue weighted by Crippen LogP contribution is 2.39. The fourth-order valence-corrected chi connectivity index (χ4v) is 4.55. The van der Waals surface area contributed by atoms with Gasteiger partial charge in [-0.3, -0.25) is 9.59 Å². The number of fused-ring (bicyclic) bond motifs is 1. The zero-order chi connectivity index (χ0) is 23.8. The number of carbonyl (C=O) groups excluding carboxylic acids is 2. The predicted octanol–water partition coefficient (Wildman–Crippen LogP) is 5.28. The van der Waals surface area contributed by atoms with Gasteiger partial charge in [-0.15, -0.1) is 0 Å². The molecule has 4 aromatic rings. The van der Waals surface area contributed by atoms with Crippen LogP contribution in [-0.2, 0) is 16.0 Å². The van der Waals surface area contributed by atoms with E-state index in [9.17, 15) is 19.1 Å². The topological polar surface area (TPSA) is 73.4 Å². The van der Waals surface area contributed by atoms with Crippen molar-refractivity contribution in [1.82, 2.24) is 9.88 Å². The van der Waals surface area contributed by atoms with Crippen LogP contribution in [0.4, 0.5) is 4.39 Å². The number of aliphatic hydroxyl groups excluding tert-OH is 1. The third-order valence-corrected chi connectivity index (χ3v) is 6.35. The molecule has 1 aliphatic heterocycles. The number of aliphatic hydroxyl groups is 1. The van der Waals surface area contributed by atoms with Gasteiger partial charge in [-0.05, 0) is 42.7 Å². The van der Waals surface area contributed by atoms with E-state index < -0.39 is 23.5 Å². The summed E-state index contributed by atoms with van der Waals surface area (Å²) in [7, 11) is 0. The SMILES string of the molecule is Cc1ccc(/C(O)=C2/C(=O)C(=O)N(CCc3c[nH]c4ccccc34)C2c2ccc(F)cc2)cc1. The van der Waals surface area contributed by atoms with Gasteiger partial charge in [0, 0.05) is 29.2 Å². The molecular weight excluding hydrogens is 431 g/mol. The molecule has 1 aromatic heterocycles. The summed E-state index contributed by atoms with van der Waals surface area (Å²) in [6.07, 6.45) is 2.42. The van der Waals surface area contributed by atoms with E-state index in [4.69, 9.17) is 0 Å². The number of amides is 1. The van der Waals surface area contributed by atoms with E-state index in [1.807, 2.05) is 49.5 Å². The van der Waals surface area contributed by atoms with Crippen LogP contribution in [-0.4, -0.2) is 33.2 Å². The second kappa shape index (κ2) is 8.63. The van der Waals surface area contributed by atoms with Crippen molar-refractivity contribution in [2.75, 3.05) is 6.54 Å². The third kappa shape index (κ3) is 3.77. The second-order valence-electron chi connectivity index (χ2n) is 8.52. The lowest BCUT2D eigenvalue weighted by Gasteiger charge is -2.25. The lowest BCUT2D eigenvalue weighted by atomic mass is 9.95. The number of hydrogen-bond acceptors (Lipinski definition) is 3. The van der Waals surface area contributed by atoms with Crippen LogP contribution in [0.25, 0.3) is 16.7 Å². The van der Waals surface area contributed by atoms with Gasteiger partial charge in [0.1, 0.15) is 11.6 Å². The first-order valence-corrected chi connectivity index (χ1v) is 11.1. The van der Waals surface area contributed by atoms with Gasteiger partial charge in [0.15, 0.2) is 0 Å². The van der Waals surface area contributed by atoms with Gasteiger partial charge in [-0.2, -0.15) is 0 Å². The number of nitrogens with zero attached hydrogens (tertiary/aromatic N) is 1. The lowest BCUT2D eigenvalue weighted by molar-refractivity contribution is -0.139. The maximum absolute atomic E-state index is 13.7. The molecule has 5 nitrogen and oxygen atoms in total. The van der Waals surface area contributed by atoms with E-state index >= 15 is 0 Å². The van der Waals surface area contributed by atoms with Crippen LogP contribution in [0, 0.1) is 12.7 Å². The standard InChI is InChI=1S/C28H23FN2O3/c1-17-6-8-19(9-7-17)26(32)24-25(18-10-12-21(29)13-11-18)31(28(34)27(24)33)15-14-20-16-30-23-5-3-2-4-22(20)23/h2-13,16,25,30,32H,14-15H2,1H3/b26-24-. The average Bonchev–Trinajstić information content (AvgIpc) is 3.37. The smallest absolute Gasteiger partial charge is 0.295 e. The monoisotopic (exact) mass is 454 g/mol. The van der Waals surface area contributed by atoms with E-state index in [0.717, 1.165) is 22.0 Å². The molecule has 34 heavy (non-hydrogen) atoms. The molecule has 1 unspecified atom stereocenters. The molecule has 1 saturated heterocycles. The Morgan fingerprint density at radius 1 is 1.00 bits per heavy atom. The Hall–Kier alpha value is -4.19. The second-order valence-corrected chi connectivity index (χ2v) is 8.52. The van der Waals surface area contributed by atoms with Gasteiger partial charge >= 0.3 is 0 Å². The largest absolute Gasteiger partial charge is 0.507 e. The molecule has 0 saturated carbocycles. The maximum Gasteiger partial charge on any atom is 0.295 e. The first-order valence-electron chi connectivity index (χ1n) is 11.1. The molecular formula is C28H23FN2O3. The summed E-state index contributed by atoms with van der Waals surface area (Å²) in [5, 5.41) is 12.2. The Balaban J connectivity index is 1.56. The van der Waals surface area contributed by atoms with Crippen molar-refractivity contribution in [2.24, 2.45) is 0 Å². The van der Waals surface area contributed by atoms with E-state index in [1.54, 1.807) is 24.3 Å². The molecule has 6 heteroatoms. The van der Waals surface area contributed by atoms with Crippen molar-refractivity contribution >= 4 is 28.4 Å². The van der Waals surface area contributed by atoms with Gasteiger partial charge < -0.3 is 15.0 Å². The molecule has 0 spiro atoms. The summed E-state index contributed by atoms with van der Waals surface area (Å²) < 4.78 is 13.7. The molecule has 1 atom stereocenters. The molecule has 1 fully saturated rings. The van der Waals surface area contributed by atoms with Gasteiger partial charge in [-0.25, -0.2) is 4.39 Å². The maximum atomic E-state index is 13.7. The Bertz CT molecular complexity index is 1420. The molecule has 1 amide bonds. The number of aromatic amines is 1. The molecule has 2 heterocycles. The van der Waals surface area contributed by atoms with Crippen LogP contribution in [0.3, 0.4) is 0 Å². The summed E-state index contributed by atoms with van der Waals surface area (Å²) in [5.74, 6) is -2.07. The van der Waals surface area contributed by atoms with Crippen molar-refractivity contribution in [2.45, 2.75) is 19.4 Å². The number of aromatic nitrogens is 1. The van der Waals surface area contributed by atoms with E-state index in [1.165, 1.54) is 17.0 Å². The molecule has 5 rings (SSSR count). The minimum atomic E-state index is -0.813. The van der Waals surface area contributed by atoms with Crippen LogP contribution >= 0.6 is 0 Å². The first-order chi connectivity index (χ1) is 16.4. The highest BCUT2D eigenvalue weighted by Gasteiger charge is 2.45.